The summed E-state index contributed by atoms with van der Waals surface area (Å²) in [6.45, 7) is 3.08. The molecule has 0 aliphatic rings. The van der Waals surface area contributed by atoms with Crippen LogP contribution in [0, 0.1) is 0 Å². The Morgan fingerprint density at radius 1 is 1.59 bits per heavy atom. The predicted molar refractivity (Wildman–Crippen MR) is 67.8 cm³/mol. The lowest BCUT2D eigenvalue weighted by molar-refractivity contribution is 0.137. The summed E-state index contributed by atoms with van der Waals surface area (Å²) in [6, 6.07) is 5.95. The van der Waals surface area contributed by atoms with Gasteiger partial charge in [0, 0.05) is 19.2 Å². The van der Waals surface area contributed by atoms with E-state index in [4.69, 9.17) is 4.52 Å². The molecule has 0 bridgehead atoms. The summed E-state index contributed by atoms with van der Waals surface area (Å²) in [6.07, 6.45) is -0.330. The minimum atomic E-state index is -0.330. The van der Waals surface area contributed by atoms with Crippen molar-refractivity contribution in [2.45, 2.75) is 19.6 Å². The molecule has 2 aromatic rings. The van der Waals surface area contributed by atoms with Gasteiger partial charge in [-0.3, -0.25) is 4.90 Å². The van der Waals surface area contributed by atoms with Crippen LogP contribution in [0.15, 0.2) is 28.1 Å². The zero-order chi connectivity index (χ0) is 12.3. The summed E-state index contributed by atoms with van der Waals surface area (Å²) in [5, 5.41) is 15.3. The molecule has 0 saturated heterocycles. The van der Waals surface area contributed by atoms with Crippen LogP contribution in [0.5, 0.6) is 0 Å². The Hall–Kier alpha value is -1.17. The second-order valence-corrected chi connectivity index (χ2v) is 5.15. The van der Waals surface area contributed by atoms with Crippen molar-refractivity contribution in [3.63, 3.8) is 0 Å². The van der Waals surface area contributed by atoms with Gasteiger partial charge in [-0.15, -0.1) is 11.3 Å². The van der Waals surface area contributed by atoms with Gasteiger partial charge >= 0.3 is 0 Å². The summed E-state index contributed by atoms with van der Waals surface area (Å²) in [5.74, 6) is 0.806. The second-order valence-electron chi connectivity index (χ2n) is 4.21. The van der Waals surface area contributed by atoms with Crippen LogP contribution < -0.4 is 0 Å². The molecule has 0 amide bonds. The highest BCUT2D eigenvalue weighted by atomic mass is 32.1. The number of rotatable bonds is 5. The third kappa shape index (κ3) is 3.39. The summed E-state index contributed by atoms with van der Waals surface area (Å²) in [5.41, 5.74) is 0.886. The number of thiophene rings is 1. The molecule has 2 heterocycles. The van der Waals surface area contributed by atoms with Crippen molar-refractivity contribution in [2.24, 2.45) is 0 Å². The lowest BCUT2D eigenvalue weighted by Crippen LogP contribution is -2.26. The van der Waals surface area contributed by atoms with Crippen LogP contribution in [0.2, 0.25) is 0 Å². The van der Waals surface area contributed by atoms with Crippen LogP contribution in [0.1, 0.15) is 12.6 Å². The van der Waals surface area contributed by atoms with E-state index < -0.39 is 0 Å². The fourth-order valence-corrected chi connectivity index (χ4v) is 2.39. The van der Waals surface area contributed by atoms with Gasteiger partial charge in [0.1, 0.15) is 0 Å². The second kappa shape index (κ2) is 5.44. The number of aromatic nitrogens is 1. The first kappa shape index (κ1) is 12.3. The first-order valence-electron chi connectivity index (χ1n) is 5.51. The molecule has 4 nitrogen and oxygen atoms in total. The summed E-state index contributed by atoms with van der Waals surface area (Å²) >= 11 is 1.63. The molecule has 0 saturated carbocycles. The highest BCUT2D eigenvalue weighted by Gasteiger charge is 2.10. The topological polar surface area (TPSA) is 49.5 Å². The maximum atomic E-state index is 9.27. The molecule has 0 aliphatic carbocycles. The number of aliphatic hydroxyl groups excluding tert-OH is 1. The van der Waals surface area contributed by atoms with Gasteiger partial charge in [-0.2, -0.15) is 0 Å². The first-order valence-corrected chi connectivity index (χ1v) is 6.39. The van der Waals surface area contributed by atoms with E-state index in [2.05, 4.69) is 5.16 Å². The Balaban J connectivity index is 1.99. The van der Waals surface area contributed by atoms with Crippen LogP contribution >= 0.6 is 11.3 Å². The lowest BCUT2D eigenvalue weighted by atomic mass is 10.3. The molecule has 1 atom stereocenters. The van der Waals surface area contributed by atoms with E-state index in [-0.39, 0.29) is 6.10 Å². The summed E-state index contributed by atoms with van der Waals surface area (Å²) in [4.78, 5) is 3.10. The molecule has 5 heteroatoms. The van der Waals surface area contributed by atoms with E-state index >= 15 is 0 Å². The van der Waals surface area contributed by atoms with Gasteiger partial charge in [-0.1, -0.05) is 11.2 Å². The van der Waals surface area contributed by atoms with E-state index in [0.29, 0.717) is 13.1 Å². The van der Waals surface area contributed by atoms with Crippen molar-refractivity contribution in [2.75, 3.05) is 13.6 Å². The van der Waals surface area contributed by atoms with Crippen LogP contribution in [0.4, 0.5) is 0 Å². The van der Waals surface area contributed by atoms with Crippen molar-refractivity contribution >= 4 is 11.3 Å². The maximum Gasteiger partial charge on any atom is 0.177 e. The quantitative estimate of drug-likeness (QED) is 0.886. The van der Waals surface area contributed by atoms with E-state index in [1.165, 1.54) is 0 Å². The van der Waals surface area contributed by atoms with Crippen molar-refractivity contribution < 1.29 is 9.63 Å². The number of nitrogens with zero attached hydrogens (tertiary/aromatic N) is 2. The van der Waals surface area contributed by atoms with Gasteiger partial charge in [0.25, 0.3) is 0 Å². The van der Waals surface area contributed by atoms with E-state index in [1.54, 1.807) is 18.3 Å². The third-order valence-corrected chi connectivity index (χ3v) is 3.22. The van der Waals surface area contributed by atoms with Crippen LogP contribution in [-0.2, 0) is 6.54 Å². The molecule has 2 rings (SSSR count). The normalized spacial score (nSPS) is 13.2. The van der Waals surface area contributed by atoms with Crippen LogP contribution in [-0.4, -0.2) is 34.9 Å². The molecule has 0 radical (unpaired) electrons. The van der Waals surface area contributed by atoms with Gasteiger partial charge in [0.05, 0.1) is 16.7 Å². The predicted octanol–water partition coefficient (Wildman–Crippen LogP) is 2.22. The highest BCUT2D eigenvalue weighted by molar-refractivity contribution is 7.13. The minimum absolute atomic E-state index is 0.330. The number of hydrogen-bond donors (Lipinski definition) is 1. The molecule has 0 fully saturated rings. The van der Waals surface area contributed by atoms with Crippen LogP contribution in [0.25, 0.3) is 10.6 Å². The first-order chi connectivity index (χ1) is 8.15. The monoisotopic (exact) mass is 252 g/mol. The molecule has 0 aliphatic heterocycles. The Labute approximate surface area is 104 Å². The zero-order valence-corrected chi connectivity index (χ0v) is 10.8. The molecular formula is C12H16N2O2S. The minimum Gasteiger partial charge on any atom is -0.392 e. The maximum absolute atomic E-state index is 9.27. The Morgan fingerprint density at radius 2 is 2.41 bits per heavy atom. The third-order valence-electron chi connectivity index (χ3n) is 2.33. The smallest absolute Gasteiger partial charge is 0.177 e. The van der Waals surface area contributed by atoms with Crippen molar-refractivity contribution in [3.05, 3.63) is 29.3 Å². The largest absolute Gasteiger partial charge is 0.392 e. The zero-order valence-electron chi connectivity index (χ0n) is 9.96. The Kier molecular flexibility index (Phi) is 3.93. The molecule has 17 heavy (non-hydrogen) atoms. The van der Waals surface area contributed by atoms with Crippen molar-refractivity contribution in [1.82, 2.24) is 10.1 Å². The van der Waals surface area contributed by atoms with Gasteiger partial charge < -0.3 is 9.63 Å². The molecule has 0 aromatic carbocycles. The van der Waals surface area contributed by atoms with Crippen molar-refractivity contribution in [3.8, 4) is 10.6 Å². The number of likely N-dealkylation sites (N-methyl/N-ethyl adjacent to an activating group) is 1. The van der Waals surface area contributed by atoms with Gasteiger partial charge in [0.15, 0.2) is 5.76 Å². The average molecular weight is 252 g/mol. The Bertz CT molecular complexity index is 451. The van der Waals surface area contributed by atoms with Gasteiger partial charge in [0.2, 0.25) is 0 Å². The number of aliphatic hydroxyl groups is 1. The SMILES string of the molecule is CC(O)CN(C)Cc1cc(-c2cccs2)on1. The molecular weight excluding hydrogens is 236 g/mol. The number of hydrogen-bond acceptors (Lipinski definition) is 5. The molecule has 2 aromatic heterocycles. The van der Waals surface area contributed by atoms with Crippen LogP contribution in [0.3, 0.4) is 0 Å². The molecule has 92 valence electrons. The summed E-state index contributed by atoms with van der Waals surface area (Å²) < 4.78 is 5.29. The standard InChI is InChI=1S/C12H16N2O2S/c1-9(15)7-14(2)8-10-6-11(16-13-10)12-4-3-5-17-12/h3-6,9,15H,7-8H2,1-2H3. The van der Waals surface area contributed by atoms with Gasteiger partial charge in [-0.05, 0) is 25.4 Å². The van der Waals surface area contributed by atoms with Crippen molar-refractivity contribution in [1.29, 1.82) is 0 Å². The average Bonchev–Trinajstić information content (AvgIpc) is 2.84. The van der Waals surface area contributed by atoms with E-state index in [9.17, 15) is 5.11 Å². The van der Waals surface area contributed by atoms with E-state index in [0.717, 1.165) is 16.3 Å². The fraction of sp³-hybridized carbons (Fsp3) is 0.417. The molecule has 1 N–H and O–H groups in total. The fourth-order valence-electron chi connectivity index (χ4n) is 1.71. The van der Waals surface area contributed by atoms with Gasteiger partial charge in [-0.25, -0.2) is 0 Å². The highest BCUT2D eigenvalue weighted by Crippen LogP contribution is 2.25. The lowest BCUT2D eigenvalue weighted by Gasteiger charge is -2.16. The Morgan fingerprint density at radius 3 is 3.06 bits per heavy atom. The molecule has 0 spiro atoms. The molecule has 1 unspecified atom stereocenters. The van der Waals surface area contributed by atoms with E-state index in [1.807, 2.05) is 35.5 Å². The summed E-state index contributed by atoms with van der Waals surface area (Å²) in [7, 11) is 1.95.